The Bertz CT molecular complexity index is 751. The van der Waals surface area contributed by atoms with Gasteiger partial charge in [0.2, 0.25) is 5.91 Å². The van der Waals surface area contributed by atoms with Gasteiger partial charge in [-0.05, 0) is 48.2 Å². The lowest BCUT2D eigenvalue weighted by Crippen LogP contribution is -2.35. The average Bonchev–Trinajstić information content (AvgIpc) is 3.20. The number of anilines is 1. The lowest BCUT2D eigenvalue weighted by molar-refractivity contribution is -0.128. The molecule has 1 aromatic carbocycles. The van der Waals surface area contributed by atoms with Crippen molar-refractivity contribution in [1.82, 2.24) is 9.88 Å². The van der Waals surface area contributed by atoms with Gasteiger partial charge in [0.25, 0.3) is 0 Å². The number of benzene rings is 1. The molecule has 0 spiro atoms. The predicted octanol–water partition coefficient (Wildman–Crippen LogP) is 3.37. The van der Waals surface area contributed by atoms with Crippen molar-refractivity contribution in [1.29, 1.82) is 0 Å². The SMILES string of the molecule is CN(C)c1ccc(CN(CC2CCCO2)C(=O)/C=C/c2cccnc2)cc1. The second kappa shape index (κ2) is 9.33. The molecule has 3 rings (SSSR count). The fourth-order valence-corrected chi connectivity index (χ4v) is 3.13. The normalized spacial score (nSPS) is 16.6. The quantitative estimate of drug-likeness (QED) is 0.706. The third-order valence-electron chi connectivity index (χ3n) is 4.69. The van der Waals surface area contributed by atoms with Gasteiger partial charge in [0.05, 0.1) is 6.10 Å². The highest BCUT2D eigenvalue weighted by Gasteiger charge is 2.21. The van der Waals surface area contributed by atoms with Crippen LogP contribution in [0.4, 0.5) is 5.69 Å². The van der Waals surface area contributed by atoms with Crippen molar-refractivity contribution in [3.8, 4) is 0 Å². The van der Waals surface area contributed by atoms with Crippen LogP contribution in [-0.4, -0.2) is 49.1 Å². The maximum Gasteiger partial charge on any atom is 0.246 e. The summed E-state index contributed by atoms with van der Waals surface area (Å²) < 4.78 is 5.75. The Balaban J connectivity index is 1.71. The largest absolute Gasteiger partial charge is 0.378 e. The van der Waals surface area contributed by atoms with E-state index >= 15 is 0 Å². The second-order valence-electron chi connectivity index (χ2n) is 7.03. The number of nitrogens with zero attached hydrogens (tertiary/aromatic N) is 3. The molecule has 0 radical (unpaired) electrons. The molecule has 0 N–H and O–H groups in total. The molecule has 2 heterocycles. The van der Waals surface area contributed by atoms with Crippen LogP contribution >= 0.6 is 0 Å². The topological polar surface area (TPSA) is 45.7 Å². The summed E-state index contributed by atoms with van der Waals surface area (Å²) in [7, 11) is 4.04. The zero-order chi connectivity index (χ0) is 19.1. The summed E-state index contributed by atoms with van der Waals surface area (Å²) in [5.41, 5.74) is 3.17. The van der Waals surface area contributed by atoms with Crippen LogP contribution in [0.2, 0.25) is 0 Å². The van der Waals surface area contributed by atoms with Crippen molar-refractivity contribution in [2.24, 2.45) is 0 Å². The summed E-state index contributed by atoms with van der Waals surface area (Å²) in [5, 5.41) is 0. The minimum Gasteiger partial charge on any atom is -0.378 e. The van der Waals surface area contributed by atoms with E-state index in [9.17, 15) is 4.79 Å². The summed E-state index contributed by atoms with van der Waals surface area (Å²) in [6, 6.07) is 12.1. The smallest absolute Gasteiger partial charge is 0.246 e. The maximum atomic E-state index is 12.8. The summed E-state index contributed by atoms with van der Waals surface area (Å²) in [6.07, 6.45) is 9.11. The first kappa shape index (κ1) is 19.1. The third-order valence-corrected chi connectivity index (χ3v) is 4.69. The van der Waals surface area contributed by atoms with Crippen molar-refractivity contribution >= 4 is 17.7 Å². The van der Waals surface area contributed by atoms with E-state index in [4.69, 9.17) is 4.74 Å². The Kier molecular flexibility index (Phi) is 6.60. The van der Waals surface area contributed by atoms with Crippen molar-refractivity contribution in [2.75, 3.05) is 32.1 Å². The highest BCUT2D eigenvalue weighted by molar-refractivity contribution is 5.91. The van der Waals surface area contributed by atoms with E-state index in [1.54, 1.807) is 18.5 Å². The van der Waals surface area contributed by atoms with E-state index in [1.165, 1.54) is 0 Å². The minimum atomic E-state index is -0.00830. The van der Waals surface area contributed by atoms with Gasteiger partial charge in [-0.3, -0.25) is 9.78 Å². The highest BCUT2D eigenvalue weighted by Crippen LogP contribution is 2.18. The minimum absolute atomic E-state index is 0.00830. The summed E-state index contributed by atoms with van der Waals surface area (Å²) in [4.78, 5) is 20.9. The molecule has 1 unspecified atom stereocenters. The zero-order valence-corrected chi connectivity index (χ0v) is 16.0. The van der Waals surface area contributed by atoms with E-state index < -0.39 is 0 Å². The Labute approximate surface area is 161 Å². The number of ether oxygens (including phenoxy) is 1. The number of hydrogen-bond donors (Lipinski definition) is 0. The molecule has 27 heavy (non-hydrogen) atoms. The Morgan fingerprint density at radius 2 is 2.07 bits per heavy atom. The number of aromatic nitrogens is 1. The molecule has 2 aromatic rings. The molecule has 1 aliphatic heterocycles. The molecule has 5 heteroatoms. The van der Waals surface area contributed by atoms with Crippen LogP contribution in [0, 0.1) is 0 Å². The molecular weight excluding hydrogens is 338 g/mol. The van der Waals surface area contributed by atoms with Gasteiger partial charge in [-0.1, -0.05) is 18.2 Å². The van der Waals surface area contributed by atoms with Crippen LogP contribution in [-0.2, 0) is 16.1 Å². The van der Waals surface area contributed by atoms with Crippen molar-refractivity contribution in [3.05, 3.63) is 66.0 Å². The third kappa shape index (κ3) is 5.66. The number of hydrogen-bond acceptors (Lipinski definition) is 4. The monoisotopic (exact) mass is 365 g/mol. The molecule has 1 amide bonds. The van der Waals surface area contributed by atoms with Gasteiger partial charge in [0.15, 0.2) is 0 Å². The van der Waals surface area contributed by atoms with Crippen molar-refractivity contribution in [3.63, 3.8) is 0 Å². The van der Waals surface area contributed by atoms with Gasteiger partial charge in [-0.2, -0.15) is 0 Å². The summed E-state index contributed by atoms with van der Waals surface area (Å²) >= 11 is 0. The lowest BCUT2D eigenvalue weighted by Gasteiger charge is -2.25. The molecule has 1 fully saturated rings. The Morgan fingerprint density at radius 1 is 1.26 bits per heavy atom. The zero-order valence-electron chi connectivity index (χ0n) is 16.0. The van der Waals surface area contributed by atoms with Crippen LogP contribution in [0.15, 0.2) is 54.9 Å². The standard InChI is InChI=1S/C22H27N3O2/c1-24(2)20-10-7-19(8-11-20)16-25(17-21-6-4-14-27-21)22(26)12-9-18-5-3-13-23-15-18/h3,5,7-13,15,21H,4,6,14,16-17H2,1-2H3/b12-9+. The molecule has 1 aliphatic rings. The number of pyridine rings is 1. The highest BCUT2D eigenvalue weighted by atomic mass is 16.5. The number of amides is 1. The molecule has 0 aliphatic carbocycles. The predicted molar refractivity (Wildman–Crippen MR) is 108 cm³/mol. The molecule has 1 aromatic heterocycles. The summed E-state index contributed by atoms with van der Waals surface area (Å²) in [5.74, 6) is -0.00830. The number of rotatable bonds is 7. The van der Waals surface area contributed by atoms with Crippen LogP contribution in [0.3, 0.4) is 0 Å². The Morgan fingerprint density at radius 3 is 2.70 bits per heavy atom. The van der Waals surface area contributed by atoms with Gasteiger partial charge in [-0.15, -0.1) is 0 Å². The molecule has 1 saturated heterocycles. The van der Waals surface area contributed by atoms with Crippen LogP contribution in [0.5, 0.6) is 0 Å². The van der Waals surface area contributed by atoms with Gasteiger partial charge in [-0.25, -0.2) is 0 Å². The van der Waals surface area contributed by atoms with Gasteiger partial charge in [0, 0.05) is 57.9 Å². The Hall–Kier alpha value is -2.66. The van der Waals surface area contributed by atoms with E-state index in [2.05, 4.69) is 34.1 Å². The first-order valence-electron chi connectivity index (χ1n) is 9.37. The van der Waals surface area contributed by atoms with E-state index in [1.807, 2.05) is 37.2 Å². The second-order valence-corrected chi connectivity index (χ2v) is 7.03. The molecule has 5 nitrogen and oxygen atoms in total. The van der Waals surface area contributed by atoms with Crippen LogP contribution < -0.4 is 4.90 Å². The van der Waals surface area contributed by atoms with Crippen LogP contribution in [0.25, 0.3) is 6.08 Å². The van der Waals surface area contributed by atoms with Gasteiger partial charge in [0.1, 0.15) is 0 Å². The first-order chi connectivity index (χ1) is 13.1. The molecule has 142 valence electrons. The molecule has 0 bridgehead atoms. The van der Waals surface area contributed by atoms with Gasteiger partial charge < -0.3 is 14.5 Å². The fourth-order valence-electron chi connectivity index (χ4n) is 3.13. The average molecular weight is 365 g/mol. The lowest BCUT2D eigenvalue weighted by atomic mass is 10.1. The molecular formula is C22H27N3O2. The van der Waals surface area contributed by atoms with E-state index in [-0.39, 0.29) is 12.0 Å². The fraction of sp³-hybridized carbons (Fsp3) is 0.364. The van der Waals surface area contributed by atoms with Crippen molar-refractivity contribution < 1.29 is 9.53 Å². The summed E-state index contributed by atoms with van der Waals surface area (Å²) in [6.45, 7) is 1.98. The first-order valence-corrected chi connectivity index (χ1v) is 9.37. The van der Waals surface area contributed by atoms with Crippen LogP contribution in [0.1, 0.15) is 24.0 Å². The number of carbonyl (C=O) groups is 1. The van der Waals surface area contributed by atoms with E-state index in [0.29, 0.717) is 13.1 Å². The van der Waals surface area contributed by atoms with E-state index in [0.717, 1.165) is 36.3 Å². The maximum absolute atomic E-state index is 12.8. The number of carbonyl (C=O) groups excluding carboxylic acids is 1. The molecule has 0 saturated carbocycles. The molecule has 1 atom stereocenters. The van der Waals surface area contributed by atoms with Gasteiger partial charge >= 0.3 is 0 Å². The van der Waals surface area contributed by atoms with Crippen molar-refractivity contribution in [2.45, 2.75) is 25.5 Å².